The maximum absolute atomic E-state index is 11.2. The second kappa shape index (κ2) is 4.11. The summed E-state index contributed by atoms with van der Waals surface area (Å²) in [6.45, 7) is 0.538. The van der Waals surface area contributed by atoms with Gasteiger partial charge in [0.05, 0.1) is 0 Å². The highest BCUT2D eigenvalue weighted by Gasteiger charge is 2.31. The molecule has 2 amide bonds. The van der Waals surface area contributed by atoms with Crippen molar-refractivity contribution in [2.45, 2.75) is 25.3 Å². The van der Waals surface area contributed by atoms with E-state index in [9.17, 15) is 9.59 Å². The topological polar surface area (TPSA) is 69.6 Å². The molecule has 0 aromatic rings. The average Bonchev–Trinajstić information content (AvgIpc) is 2.16. The van der Waals surface area contributed by atoms with Crippen LogP contribution < -0.4 is 5.32 Å². The van der Waals surface area contributed by atoms with Crippen molar-refractivity contribution in [2.75, 3.05) is 13.6 Å². The number of carboxylic acids is 1. The number of urea groups is 1. The Labute approximate surface area is 76.7 Å². The number of nitrogens with zero attached hydrogens (tertiary/aromatic N) is 1. The van der Waals surface area contributed by atoms with Gasteiger partial charge in [-0.05, 0) is 19.3 Å². The monoisotopic (exact) mass is 186 g/mol. The molecule has 1 rings (SSSR count). The van der Waals surface area contributed by atoms with E-state index in [0.29, 0.717) is 13.0 Å². The minimum absolute atomic E-state index is 0.299. The van der Waals surface area contributed by atoms with Gasteiger partial charge in [-0.2, -0.15) is 0 Å². The number of aliphatic carboxylic acids is 1. The third-order valence-electron chi connectivity index (χ3n) is 2.26. The summed E-state index contributed by atoms with van der Waals surface area (Å²) in [6.07, 6.45) is 2.32. The van der Waals surface area contributed by atoms with E-state index < -0.39 is 12.0 Å². The molecule has 1 saturated heterocycles. The Balaban J connectivity index is 2.67. The second-order valence-electron chi connectivity index (χ2n) is 3.10. The molecule has 1 aliphatic rings. The first-order valence-electron chi connectivity index (χ1n) is 4.38. The predicted molar refractivity (Wildman–Crippen MR) is 46.4 cm³/mol. The summed E-state index contributed by atoms with van der Waals surface area (Å²) in [5.41, 5.74) is 0. The van der Waals surface area contributed by atoms with E-state index in [1.54, 1.807) is 0 Å². The fraction of sp³-hybridized carbons (Fsp3) is 0.750. The van der Waals surface area contributed by atoms with E-state index in [-0.39, 0.29) is 6.03 Å². The third kappa shape index (κ3) is 2.11. The van der Waals surface area contributed by atoms with Gasteiger partial charge in [-0.15, -0.1) is 0 Å². The normalized spacial score (nSPS) is 22.5. The van der Waals surface area contributed by atoms with Gasteiger partial charge in [0.1, 0.15) is 6.04 Å². The third-order valence-corrected chi connectivity index (χ3v) is 2.26. The van der Waals surface area contributed by atoms with Crippen molar-refractivity contribution in [1.29, 1.82) is 0 Å². The van der Waals surface area contributed by atoms with Gasteiger partial charge in [0.25, 0.3) is 0 Å². The lowest BCUT2D eigenvalue weighted by Crippen LogP contribution is -2.51. The van der Waals surface area contributed by atoms with E-state index in [2.05, 4.69) is 5.32 Å². The maximum Gasteiger partial charge on any atom is 0.326 e. The molecular formula is C8H14N2O3. The SMILES string of the molecule is CNC(=O)N1CCCC[C@@H]1C(=O)O. The molecule has 1 atom stereocenters. The lowest BCUT2D eigenvalue weighted by Gasteiger charge is -2.32. The Hall–Kier alpha value is -1.26. The van der Waals surface area contributed by atoms with Gasteiger partial charge in [0, 0.05) is 13.6 Å². The van der Waals surface area contributed by atoms with Gasteiger partial charge < -0.3 is 15.3 Å². The van der Waals surface area contributed by atoms with E-state index in [1.165, 1.54) is 11.9 Å². The summed E-state index contributed by atoms with van der Waals surface area (Å²) >= 11 is 0. The molecule has 5 heteroatoms. The smallest absolute Gasteiger partial charge is 0.326 e. The van der Waals surface area contributed by atoms with Crippen LogP contribution in [0.3, 0.4) is 0 Å². The number of nitrogens with one attached hydrogen (secondary N) is 1. The van der Waals surface area contributed by atoms with Crippen LogP contribution >= 0.6 is 0 Å². The Morgan fingerprint density at radius 3 is 2.69 bits per heavy atom. The maximum atomic E-state index is 11.2. The summed E-state index contributed by atoms with van der Waals surface area (Å²) < 4.78 is 0. The van der Waals surface area contributed by atoms with E-state index in [0.717, 1.165) is 12.8 Å². The molecular weight excluding hydrogens is 172 g/mol. The summed E-state index contributed by atoms with van der Waals surface area (Å²) in [4.78, 5) is 23.4. The number of carbonyl (C=O) groups excluding carboxylic acids is 1. The van der Waals surface area contributed by atoms with Crippen molar-refractivity contribution in [3.63, 3.8) is 0 Å². The predicted octanol–water partition coefficient (Wildman–Crippen LogP) is 0.265. The molecule has 1 aliphatic heterocycles. The quantitative estimate of drug-likeness (QED) is 0.617. The van der Waals surface area contributed by atoms with Gasteiger partial charge in [-0.25, -0.2) is 9.59 Å². The molecule has 0 unspecified atom stereocenters. The van der Waals surface area contributed by atoms with Crippen molar-refractivity contribution >= 4 is 12.0 Å². The number of hydrogen-bond donors (Lipinski definition) is 2. The summed E-state index contributed by atoms with van der Waals surface area (Å²) in [7, 11) is 1.51. The highest BCUT2D eigenvalue weighted by Crippen LogP contribution is 2.16. The van der Waals surface area contributed by atoms with Crippen LogP contribution in [0.1, 0.15) is 19.3 Å². The molecule has 0 aliphatic carbocycles. The standard InChI is InChI=1S/C8H14N2O3/c1-9-8(13)10-5-3-2-4-6(10)7(11)12/h6H,2-5H2,1H3,(H,9,13)(H,11,12)/t6-/m1/s1. The molecule has 13 heavy (non-hydrogen) atoms. The number of hydrogen-bond acceptors (Lipinski definition) is 2. The number of likely N-dealkylation sites (tertiary alicyclic amines) is 1. The average molecular weight is 186 g/mol. The van der Waals surface area contributed by atoms with E-state index >= 15 is 0 Å². The van der Waals surface area contributed by atoms with Crippen LogP contribution in [-0.2, 0) is 4.79 Å². The van der Waals surface area contributed by atoms with E-state index in [4.69, 9.17) is 5.11 Å². The van der Waals surface area contributed by atoms with Crippen molar-refractivity contribution in [3.8, 4) is 0 Å². The lowest BCUT2D eigenvalue weighted by atomic mass is 10.0. The molecule has 0 aromatic carbocycles. The zero-order valence-electron chi connectivity index (χ0n) is 7.62. The number of carboxylic acid groups (broad SMARTS) is 1. The summed E-state index contributed by atoms with van der Waals surface area (Å²) in [5.74, 6) is -0.914. The minimum atomic E-state index is -0.914. The molecule has 2 N–H and O–H groups in total. The zero-order chi connectivity index (χ0) is 9.84. The molecule has 1 fully saturated rings. The molecule has 0 saturated carbocycles. The molecule has 1 heterocycles. The van der Waals surface area contributed by atoms with Gasteiger partial charge in [0.2, 0.25) is 0 Å². The number of rotatable bonds is 1. The van der Waals surface area contributed by atoms with Gasteiger partial charge >= 0.3 is 12.0 Å². The second-order valence-corrected chi connectivity index (χ2v) is 3.10. The summed E-state index contributed by atoms with van der Waals surface area (Å²) in [5, 5.41) is 11.3. The largest absolute Gasteiger partial charge is 0.480 e. The Morgan fingerprint density at radius 2 is 2.15 bits per heavy atom. The van der Waals surface area contributed by atoms with Gasteiger partial charge in [-0.3, -0.25) is 0 Å². The van der Waals surface area contributed by atoms with Crippen molar-refractivity contribution in [1.82, 2.24) is 10.2 Å². The first-order chi connectivity index (χ1) is 6.16. The van der Waals surface area contributed by atoms with Crippen LogP contribution in [0.2, 0.25) is 0 Å². The van der Waals surface area contributed by atoms with Gasteiger partial charge in [0.15, 0.2) is 0 Å². The fourth-order valence-electron chi connectivity index (χ4n) is 1.57. The molecule has 0 radical (unpaired) electrons. The van der Waals surface area contributed by atoms with Crippen molar-refractivity contribution in [3.05, 3.63) is 0 Å². The van der Waals surface area contributed by atoms with Crippen LogP contribution in [0.15, 0.2) is 0 Å². The zero-order valence-corrected chi connectivity index (χ0v) is 7.62. The first kappa shape index (κ1) is 9.83. The highest BCUT2D eigenvalue weighted by atomic mass is 16.4. The van der Waals surface area contributed by atoms with Crippen LogP contribution in [0.4, 0.5) is 4.79 Å². The number of carbonyl (C=O) groups is 2. The molecule has 0 spiro atoms. The number of piperidine rings is 1. The minimum Gasteiger partial charge on any atom is -0.480 e. The Morgan fingerprint density at radius 1 is 1.46 bits per heavy atom. The molecule has 0 bridgehead atoms. The molecule has 5 nitrogen and oxygen atoms in total. The summed E-state index contributed by atoms with van der Waals surface area (Å²) in [6, 6.07) is -0.944. The fourth-order valence-corrected chi connectivity index (χ4v) is 1.57. The molecule has 0 aromatic heterocycles. The van der Waals surface area contributed by atoms with Crippen LogP contribution in [0.25, 0.3) is 0 Å². The van der Waals surface area contributed by atoms with Gasteiger partial charge in [-0.1, -0.05) is 0 Å². The Kier molecular flexibility index (Phi) is 3.11. The first-order valence-corrected chi connectivity index (χ1v) is 4.38. The Bertz CT molecular complexity index is 217. The highest BCUT2D eigenvalue weighted by molar-refractivity contribution is 5.82. The van der Waals surface area contributed by atoms with Crippen LogP contribution in [0.5, 0.6) is 0 Å². The van der Waals surface area contributed by atoms with Crippen LogP contribution in [0, 0.1) is 0 Å². The molecule has 74 valence electrons. The van der Waals surface area contributed by atoms with Crippen molar-refractivity contribution in [2.24, 2.45) is 0 Å². The van der Waals surface area contributed by atoms with E-state index in [1.807, 2.05) is 0 Å². The number of amides is 2. The lowest BCUT2D eigenvalue weighted by molar-refractivity contribution is -0.143. The van der Waals surface area contributed by atoms with Crippen molar-refractivity contribution < 1.29 is 14.7 Å². The van der Waals surface area contributed by atoms with Crippen LogP contribution in [-0.4, -0.2) is 41.6 Å².